The summed E-state index contributed by atoms with van der Waals surface area (Å²) in [6.45, 7) is 7.00. The van der Waals surface area contributed by atoms with E-state index in [4.69, 9.17) is 0 Å². The number of nitrogens with one attached hydrogen (secondary N) is 1. The molecular formula is C11H24N2O. The monoisotopic (exact) mass is 200 g/mol. The lowest BCUT2D eigenvalue weighted by atomic mass is 10.2. The van der Waals surface area contributed by atoms with E-state index in [0.29, 0.717) is 6.54 Å². The second-order valence-electron chi connectivity index (χ2n) is 3.66. The Morgan fingerprint density at radius 2 is 1.64 bits per heavy atom. The van der Waals surface area contributed by atoms with Gasteiger partial charge >= 0.3 is 0 Å². The molecule has 0 aliphatic heterocycles. The number of nitrogens with zero attached hydrogens (tertiary/aromatic N) is 1. The molecule has 0 aromatic rings. The van der Waals surface area contributed by atoms with Gasteiger partial charge in [-0.25, -0.2) is 0 Å². The Morgan fingerprint density at radius 1 is 1.14 bits per heavy atom. The van der Waals surface area contributed by atoms with Crippen LogP contribution in [0.25, 0.3) is 0 Å². The third-order valence-corrected chi connectivity index (χ3v) is 2.30. The summed E-state index contributed by atoms with van der Waals surface area (Å²) in [7, 11) is 1.69. The second kappa shape index (κ2) is 9.00. The summed E-state index contributed by atoms with van der Waals surface area (Å²) in [4.78, 5) is 13.4. The van der Waals surface area contributed by atoms with Crippen molar-refractivity contribution in [3.63, 3.8) is 0 Å². The van der Waals surface area contributed by atoms with Crippen LogP contribution in [0, 0.1) is 0 Å². The van der Waals surface area contributed by atoms with Crippen LogP contribution in [0.1, 0.15) is 39.5 Å². The summed E-state index contributed by atoms with van der Waals surface area (Å²) >= 11 is 0. The Morgan fingerprint density at radius 3 is 2.00 bits per heavy atom. The van der Waals surface area contributed by atoms with Gasteiger partial charge in [0.05, 0.1) is 6.54 Å². The van der Waals surface area contributed by atoms with Crippen molar-refractivity contribution in [2.24, 2.45) is 0 Å². The van der Waals surface area contributed by atoms with Gasteiger partial charge in [-0.1, -0.05) is 26.7 Å². The van der Waals surface area contributed by atoms with Crippen molar-refractivity contribution in [3.05, 3.63) is 0 Å². The van der Waals surface area contributed by atoms with Crippen LogP contribution >= 0.6 is 0 Å². The van der Waals surface area contributed by atoms with E-state index in [-0.39, 0.29) is 5.91 Å². The van der Waals surface area contributed by atoms with Crippen molar-refractivity contribution in [2.45, 2.75) is 39.5 Å². The lowest BCUT2D eigenvalue weighted by Gasteiger charge is -2.20. The standard InChI is InChI=1S/C11H24N2O/c1-4-6-8-13(9-7-5-2)10-11(14)12-3/h4-10H2,1-3H3,(H,12,14). The van der Waals surface area contributed by atoms with Gasteiger partial charge in [0.15, 0.2) is 0 Å². The first-order valence-electron chi connectivity index (χ1n) is 5.67. The Balaban J connectivity index is 3.77. The summed E-state index contributed by atoms with van der Waals surface area (Å²) in [6, 6.07) is 0. The zero-order valence-electron chi connectivity index (χ0n) is 9.81. The summed E-state index contributed by atoms with van der Waals surface area (Å²) < 4.78 is 0. The van der Waals surface area contributed by atoms with Crippen molar-refractivity contribution < 1.29 is 4.79 Å². The quantitative estimate of drug-likeness (QED) is 0.646. The topological polar surface area (TPSA) is 32.3 Å². The average molecular weight is 200 g/mol. The minimum Gasteiger partial charge on any atom is -0.358 e. The summed E-state index contributed by atoms with van der Waals surface area (Å²) in [5.41, 5.74) is 0. The normalized spacial score (nSPS) is 10.6. The van der Waals surface area contributed by atoms with Gasteiger partial charge in [-0.2, -0.15) is 0 Å². The number of carbonyl (C=O) groups excluding carboxylic acids is 1. The van der Waals surface area contributed by atoms with E-state index >= 15 is 0 Å². The number of amides is 1. The Kier molecular flexibility index (Phi) is 8.64. The molecule has 0 atom stereocenters. The van der Waals surface area contributed by atoms with E-state index in [0.717, 1.165) is 13.1 Å². The molecule has 14 heavy (non-hydrogen) atoms. The maximum Gasteiger partial charge on any atom is 0.233 e. The highest BCUT2D eigenvalue weighted by Crippen LogP contribution is 1.98. The van der Waals surface area contributed by atoms with Crippen molar-refractivity contribution in [1.29, 1.82) is 0 Å². The summed E-state index contributed by atoms with van der Waals surface area (Å²) in [5, 5.41) is 2.67. The molecule has 84 valence electrons. The molecular weight excluding hydrogens is 176 g/mol. The molecule has 0 rings (SSSR count). The van der Waals surface area contributed by atoms with Crippen LogP contribution in [0.15, 0.2) is 0 Å². The van der Waals surface area contributed by atoms with Gasteiger partial charge in [0.25, 0.3) is 0 Å². The van der Waals surface area contributed by atoms with Gasteiger partial charge in [0.1, 0.15) is 0 Å². The third kappa shape index (κ3) is 6.89. The lowest BCUT2D eigenvalue weighted by molar-refractivity contribution is -0.121. The van der Waals surface area contributed by atoms with Crippen LogP contribution in [-0.4, -0.2) is 37.5 Å². The number of hydrogen-bond acceptors (Lipinski definition) is 2. The molecule has 0 saturated carbocycles. The van der Waals surface area contributed by atoms with Crippen molar-refractivity contribution >= 4 is 5.91 Å². The van der Waals surface area contributed by atoms with Crippen molar-refractivity contribution in [3.8, 4) is 0 Å². The zero-order chi connectivity index (χ0) is 10.8. The van der Waals surface area contributed by atoms with E-state index < -0.39 is 0 Å². The van der Waals surface area contributed by atoms with E-state index in [9.17, 15) is 4.79 Å². The average Bonchev–Trinajstić information content (AvgIpc) is 2.21. The van der Waals surface area contributed by atoms with Crippen LogP contribution in [-0.2, 0) is 4.79 Å². The minimum atomic E-state index is 0.122. The third-order valence-electron chi connectivity index (χ3n) is 2.30. The van der Waals surface area contributed by atoms with Gasteiger partial charge in [-0.15, -0.1) is 0 Å². The van der Waals surface area contributed by atoms with E-state index in [1.54, 1.807) is 7.05 Å². The van der Waals surface area contributed by atoms with Crippen LogP contribution in [0.4, 0.5) is 0 Å². The first-order chi connectivity index (χ1) is 6.74. The van der Waals surface area contributed by atoms with Gasteiger partial charge in [0, 0.05) is 7.05 Å². The highest BCUT2D eigenvalue weighted by molar-refractivity contribution is 5.77. The molecule has 3 heteroatoms. The molecule has 0 bridgehead atoms. The van der Waals surface area contributed by atoms with Crippen LogP contribution in [0.3, 0.4) is 0 Å². The number of likely N-dealkylation sites (N-methyl/N-ethyl adjacent to an activating group) is 1. The molecule has 1 N–H and O–H groups in total. The molecule has 0 aromatic heterocycles. The molecule has 0 aliphatic carbocycles. The Labute approximate surface area is 87.9 Å². The second-order valence-corrected chi connectivity index (χ2v) is 3.66. The maximum atomic E-state index is 11.2. The fourth-order valence-corrected chi connectivity index (χ4v) is 1.32. The maximum absolute atomic E-state index is 11.2. The van der Waals surface area contributed by atoms with Crippen molar-refractivity contribution in [2.75, 3.05) is 26.7 Å². The lowest BCUT2D eigenvalue weighted by Crippen LogP contribution is -2.36. The predicted molar refractivity (Wildman–Crippen MR) is 60.3 cm³/mol. The van der Waals surface area contributed by atoms with Gasteiger partial charge in [0.2, 0.25) is 5.91 Å². The van der Waals surface area contributed by atoms with E-state index in [1.165, 1.54) is 25.7 Å². The highest BCUT2D eigenvalue weighted by atomic mass is 16.1. The van der Waals surface area contributed by atoms with Crippen molar-refractivity contribution in [1.82, 2.24) is 10.2 Å². The Bertz CT molecular complexity index is 140. The number of rotatable bonds is 8. The van der Waals surface area contributed by atoms with Crippen LogP contribution in [0.2, 0.25) is 0 Å². The Hall–Kier alpha value is -0.570. The van der Waals surface area contributed by atoms with Gasteiger partial charge in [-0.05, 0) is 25.9 Å². The fourth-order valence-electron chi connectivity index (χ4n) is 1.32. The smallest absolute Gasteiger partial charge is 0.233 e. The van der Waals surface area contributed by atoms with E-state index in [1.807, 2.05) is 0 Å². The molecule has 0 aliphatic rings. The molecule has 0 heterocycles. The summed E-state index contributed by atoms with van der Waals surface area (Å²) in [6.07, 6.45) is 4.74. The molecule has 0 radical (unpaired) electrons. The largest absolute Gasteiger partial charge is 0.358 e. The molecule has 0 saturated heterocycles. The van der Waals surface area contributed by atoms with Gasteiger partial charge in [-0.3, -0.25) is 9.69 Å². The molecule has 0 fully saturated rings. The zero-order valence-corrected chi connectivity index (χ0v) is 9.81. The van der Waals surface area contributed by atoms with E-state index in [2.05, 4.69) is 24.1 Å². The summed E-state index contributed by atoms with van der Waals surface area (Å²) in [5.74, 6) is 0.122. The number of unbranched alkanes of at least 4 members (excludes halogenated alkanes) is 2. The molecule has 3 nitrogen and oxygen atoms in total. The van der Waals surface area contributed by atoms with Crippen LogP contribution < -0.4 is 5.32 Å². The highest BCUT2D eigenvalue weighted by Gasteiger charge is 2.07. The molecule has 0 unspecified atom stereocenters. The molecule has 0 spiro atoms. The predicted octanol–water partition coefficient (Wildman–Crippen LogP) is 1.63. The SMILES string of the molecule is CCCCN(CCCC)CC(=O)NC. The van der Waals surface area contributed by atoms with Gasteiger partial charge < -0.3 is 5.32 Å². The number of hydrogen-bond donors (Lipinski definition) is 1. The van der Waals surface area contributed by atoms with Crippen LogP contribution in [0.5, 0.6) is 0 Å². The first kappa shape index (κ1) is 13.4. The fraction of sp³-hybridized carbons (Fsp3) is 0.909. The first-order valence-corrected chi connectivity index (χ1v) is 5.67. The molecule has 0 aromatic carbocycles. The minimum absolute atomic E-state index is 0.122. The number of carbonyl (C=O) groups is 1. The molecule has 1 amide bonds.